The molecule has 1 rings (SSSR count). The van der Waals surface area contributed by atoms with Crippen molar-refractivity contribution in [2.24, 2.45) is 0 Å². The largest absolute Gasteiger partial charge is 0.461 e. The van der Waals surface area contributed by atoms with Gasteiger partial charge in [0.15, 0.2) is 11.5 Å². The Morgan fingerprint density at radius 3 is 2.60 bits per heavy atom. The number of hydrogen-bond acceptors (Lipinski definition) is 3. The summed E-state index contributed by atoms with van der Waals surface area (Å²) >= 11 is 0. The summed E-state index contributed by atoms with van der Waals surface area (Å²) in [7, 11) is 0. The maximum Gasteiger partial charge on any atom is 0.308 e. The summed E-state index contributed by atoms with van der Waals surface area (Å²) in [5, 5.41) is 0. The third-order valence-corrected chi connectivity index (χ3v) is 1.63. The van der Waals surface area contributed by atoms with Crippen molar-refractivity contribution in [2.75, 3.05) is 0 Å². The molecule has 0 N–H and O–H groups in total. The standard InChI is InChI=1S/C12H14O3/c1-3-4-9-14-11-7-5-6-8-12(11)15-10(2)13/h4-9H,3H2,1-2H3/b9-4+. The lowest BCUT2D eigenvalue weighted by Gasteiger charge is -2.06. The Hall–Kier alpha value is -1.77. The van der Waals surface area contributed by atoms with Gasteiger partial charge in [0.1, 0.15) is 0 Å². The van der Waals surface area contributed by atoms with Gasteiger partial charge in [0.2, 0.25) is 0 Å². The molecule has 0 aromatic heterocycles. The van der Waals surface area contributed by atoms with E-state index in [9.17, 15) is 4.79 Å². The van der Waals surface area contributed by atoms with Gasteiger partial charge >= 0.3 is 5.97 Å². The molecule has 15 heavy (non-hydrogen) atoms. The molecule has 1 aromatic carbocycles. The summed E-state index contributed by atoms with van der Waals surface area (Å²) in [4.78, 5) is 10.8. The molecule has 0 saturated heterocycles. The number of esters is 1. The predicted molar refractivity (Wildman–Crippen MR) is 57.8 cm³/mol. The van der Waals surface area contributed by atoms with Gasteiger partial charge in [-0.15, -0.1) is 0 Å². The van der Waals surface area contributed by atoms with Crippen molar-refractivity contribution in [3.8, 4) is 11.5 Å². The first-order valence-corrected chi connectivity index (χ1v) is 4.83. The highest BCUT2D eigenvalue weighted by Crippen LogP contribution is 2.26. The van der Waals surface area contributed by atoms with Gasteiger partial charge in [0.25, 0.3) is 0 Å². The Balaban J connectivity index is 2.76. The normalized spacial score (nSPS) is 10.3. The van der Waals surface area contributed by atoms with Gasteiger partial charge in [-0.25, -0.2) is 0 Å². The molecule has 0 amide bonds. The lowest BCUT2D eigenvalue weighted by molar-refractivity contribution is -0.131. The van der Waals surface area contributed by atoms with Crippen LogP contribution in [0.1, 0.15) is 20.3 Å². The fraction of sp³-hybridized carbons (Fsp3) is 0.250. The zero-order chi connectivity index (χ0) is 11.1. The van der Waals surface area contributed by atoms with Crippen LogP contribution < -0.4 is 9.47 Å². The van der Waals surface area contributed by atoms with Crippen LogP contribution in [0.15, 0.2) is 36.6 Å². The fourth-order valence-corrected chi connectivity index (χ4v) is 1.00. The summed E-state index contributed by atoms with van der Waals surface area (Å²) in [5.74, 6) is 0.619. The molecule has 0 unspecified atom stereocenters. The molecule has 0 bridgehead atoms. The number of benzene rings is 1. The average Bonchev–Trinajstić information content (AvgIpc) is 2.20. The van der Waals surface area contributed by atoms with Gasteiger partial charge in [-0.1, -0.05) is 19.1 Å². The van der Waals surface area contributed by atoms with Gasteiger partial charge in [0, 0.05) is 6.92 Å². The third kappa shape index (κ3) is 3.85. The molecule has 0 spiro atoms. The van der Waals surface area contributed by atoms with E-state index < -0.39 is 0 Å². The second-order valence-electron chi connectivity index (χ2n) is 2.94. The van der Waals surface area contributed by atoms with Crippen LogP contribution in [0.5, 0.6) is 11.5 Å². The Morgan fingerprint density at radius 1 is 1.33 bits per heavy atom. The Morgan fingerprint density at radius 2 is 2.00 bits per heavy atom. The van der Waals surface area contributed by atoms with E-state index in [-0.39, 0.29) is 5.97 Å². The van der Waals surface area contributed by atoms with E-state index in [4.69, 9.17) is 9.47 Å². The highest BCUT2D eigenvalue weighted by molar-refractivity contribution is 5.70. The van der Waals surface area contributed by atoms with Crippen LogP contribution in [0.4, 0.5) is 0 Å². The van der Waals surface area contributed by atoms with Crippen molar-refractivity contribution in [1.82, 2.24) is 0 Å². The van der Waals surface area contributed by atoms with Crippen LogP contribution in [-0.2, 0) is 4.79 Å². The summed E-state index contributed by atoms with van der Waals surface area (Å²) in [5.41, 5.74) is 0. The Labute approximate surface area is 89.3 Å². The van der Waals surface area contributed by atoms with Crippen molar-refractivity contribution in [3.05, 3.63) is 36.6 Å². The van der Waals surface area contributed by atoms with Crippen molar-refractivity contribution in [3.63, 3.8) is 0 Å². The number of ether oxygens (including phenoxy) is 2. The SMILES string of the molecule is CC/C=C/Oc1ccccc1OC(C)=O. The molecule has 3 nitrogen and oxygen atoms in total. The van der Waals surface area contributed by atoms with Gasteiger partial charge in [-0.3, -0.25) is 4.79 Å². The van der Waals surface area contributed by atoms with Gasteiger partial charge < -0.3 is 9.47 Å². The smallest absolute Gasteiger partial charge is 0.308 e. The maximum atomic E-state index is 10.8. The average molecular weight is 206 g/mol. The molecule has 0 aliphatic carbocycles. The number of rotatable bonds is 4. The number of allylic oxidation sites excluding steroid dienone is 1. The number of carbonyl (C=O) groups excluding carboxylic acids is 1. The predicted octanol–water partition coefficient (Wildman–Crippen LogP) is 2.91. The minimum atomic E-state index is -0.356. The second-order valence-corrected chi connectivity index (χ2v) is 2.94. The van der Waals surface area contributed by atoms with Crippen molar-refractivity contribution < 1.29 is 14.3 Å². The number of hydrogen-bond donors (Lipinski definition) is 0. The first-order chi connectivity index (χ1) is 7.24. The number of para-hydroxylation sites is 2. The lowest BCUT2D eigenvalue weighted by atomic mass is 10.3. The summed E-state index contributed by atoms with van der Waals surface area (Å²) < 4.78 is 10.3. The molecular formula is C12H14O3. The minimum Gasteiger partial charge on any atom is -0.461 e. The highest BCUT2D eigenvalue weighted by Gasteiger charge is 2.04. The third-order valence-electron chi connectivity index (χ3n) is 1.63. The van der Waals surface area contributed by atoms with Crippen molar-refractivity contribution in [2.45, 2.75) is 20.3 Å². The fourth-order valence-electron chi connectivity index (χ4n) is 1.00. The molecule has 0 radical (unpaired) electrons. The quantitative estimate of drug-likeness (QED) is 0.431. The second kappa shape index (κ2) is 5.86. The molecular weight excluding hydrogens is 192 g/mol. The van der Waals surface area contributed by atoms with E-state index in [1.165, 1.54) is 6.92 Å². The molecule has 3 heteroatoms. The van der Waals surface area contributed by atoms with E-state index in [1.54, 1.807) is 24.5 Å². The Kier molecular flexibility index (Phi) is 4.41. The number of carbonyl (C=O) groups is 1. The Bertz CT molecular complexity index is 356. The molecule has 0 saturated carbocycles. The maximum absolute atomic E-state index is 10.8. The zero-order valence-corrected chi connectivity index (χ0v) is 8.90. The highest BCUT2D eigenvalue weighted by atomic mass is 16.6. The van der Waals surface area contributed by atoms with Crippen LogP contribution in [-0.4, -0.2) is 5.97 Å². The van der Waals surface area contributed by atoms with E-state index in [1.807, 2.05) is 19.1 Å². The van der Waals surface area contributed by atoms with Gasteiger partial charge in [-0.05, 0) is 24.6 Å². The summed E-state index contributed by atoms with van der Waals surface area (Å²) in [6, 6.07) is 7.05. The molecule has 0 fully saturated rings. The van der Waals surface area contributed by atoms with Crippen LogP contribution in [0.3, 0.4) is 0 Å². The van der Waals surface area contributed by atoms with Gasteiger partial charge in [-0.2, -0.15) is 0 Å². The van der Waals surface area contributed by atoms with Crippen molar-refractivity contribution in [1.29, 1.82) is 0 Å². The molecule has 1 aromatic rings. The molecule has 0 atom stereocenters. The summed E-state index contributed by atoms with van der Waals surface area (Å²) in [6.07, 6.45) is 4.36. The van der Waals surface area contributed by atoms with Gasteiger partial charge in [0.05, 0.1) is 6.26 Å². The molecule has 0 heterocycles. The molecule has 0 aliphatic heterocycles. The van der Waals surface area contributed by atoms with E-state index in [2.05, 4.69) is 0 Å². The van der Waals surface area contributed by atoms with E-state index >= 15 is 0 Å². The molecule has 0 aliphatic rings. The minimum absolute atomic E-state index is 0.356. The first kappa shape index (κ1) is 11.3. The zero-order valence-electron chi connectivity index (χ0n) is 8.90. The van der Waals surface area contributed by atoms with Crippen LogP contribution >= 0.6 is 0 Å². The van der Waals surface area contributed by atoms with E-state index in [0.717, 1.165) is 6.42 Å². The van der Waals surface area contributed by atoms with Crippen LogP contribution in [0, 0.1) is 0 Å². The first-order valence-electron chi connectivity index (χ1n) is 4.83. The van der Waals surface area contributed by atoms with Crippen LogP contribution in [0.25, 0.3) is 0 Å². The lowest BCUT2D eigenvalue weighted by Crippen LogP contribution is -2.02. The monoisotopic (exact) mass is 206 g/mol. The van der Waals surface area contributed by atoms with Crippen LogP contribution in [0.2, 0.25) is 0 Å². The van der Waals surface area contributed by atoms with E-state index in [0.29, 0.717) is 11.5 Å². The van der Waals surface area contributed by atoms with Crippen molar-refractivity contribution >= 4 is 5.97 Å². The summed E-state index contributed by atoms with van der Waals surface area (Å²) in [6.45, 7) is 3.37. The topological polar surface area (TPSA) is 35.5 Å². The molecule has 80 valence electrons.